The van der Waals surface area contributed by atoms with Crippen LogP contribution in [0.3, 0.4) is 0 Å². The summed E-state index contributed by atoms with van der Waals surface area (Å²) in [6.07, 6.45) is 8.87. The van der Waals surface area contributed by atoms with Gasteiger partial charge < -0.3 is 5.11 Å². The minimum absolute atomic E-state index is 0.185. The van der Waals surface area contributed by atoms with Crippen molar-refractivity contribution >= 4 is 0 Å². The molecule has 1 saturated heterocycles. The van der Waals surface area contributed by atoms with Gasteiger partial charge in [-0.25, -0.2) is 14.4 Å². The number of nitrogens with zero attached hydrogens (tertiary/aromatic N) is 4. The molecule has 0 aromatic carbocycles. The van der Waals surface area contributed by atoms with E-state index in [1.165, 1.54) is 12.7 Å². The minimum Gasteiger partial charge on any atom is -0.391 e. The third kappa shape index (κ3) is 4.25. The van der Waals surface area contributed by atoms with E-state index in [1.54, 1.807) is 12.4 Å². The molecule has 23 heavy (non-hydrogen) atoms. The first-order valence-corrected chi connectivity index (χ1v) is 8.64. The van der Waals surface area contributed by atoms with Crippen molar-refractivity contribution < 1.29 is 9.50 Å². The molecule has 1 saturated carbocycles. The van der Waals surface area contributed by atoms with Crippen LogP contribution in [0.2, 0.25) is 0 Å². The van der Waals surface area contributed by atoms with E-state index in [1.807, 2.05) is 0 Å². The number of aromatic nitrogens is 2. The fourth-order valence-electron chi connectivity index (χ4n) is 4.03. The highest BCUT2D eigenvalue weighted by molar-refractivity contribution is 5.04. The van der Waals surface area contributed by atoms with Crippen molar-refractivity contribution in [2.45, 2.75) is 63.0 Å². The number of aliphatic hydroxyl groups excluding tert-OH is 1. The SMILES string of the molecule is CN(C[C@@H]1C[C@H](F)CN1Cc1cncnc1)C1CCCCC1O. The molecule has 0 amide bonds. The maximum atomic E-state index is 14.0. The number of likely N-dealkylation sites (tertiary alicyclic amines) is 1. The lowest BCUT2D eigenvalue weighted by Crippen LogP contribution is -2.48. The normalized spacial score (nSPS) is 32.5. The van der Waals surface area contributed by atoms with Gasteiger partial charge in [-0.05, 0) is 26.3 Å². The summed E-state index contributed by atoms with van der Waals surface area (Å²) in [7, 11) is 2.06. The fourth-order valence-corrected chi connectivity index (χ4v) is 4.03. The van der Waals surface area contributed by atoms with Gasteiger partial charge in [-0.1, -0.05) is 12.8 Å². The topological polar surface area (TPSA) is 52.5 Å². The van der Waals surface area contributed by atoms with Crippen LogP contribution in [0, 0.1) is 0 Å². The van der Waals surface area contributed by atoms with E-state index in [-0.39, 0.29) is 18.2 Å². The summed E-state index contributed by atoms with van der Waals surface area (Å²) in [5, 5.41) is 10.2. The number of likely N-dealkylation sites (N-methyl/N-ethyl adjacent to an activating group) is 1. The van der Waals surface area contributed by atoms with Crippen molar-refractivity contribution in [1.29, 1.82) is 0 Å². The molecule has 3 rings (SSSR count). The van der Waals surface area contributed by atoms with Crippen LogP contribution in [-0.2, 0) is 6.54 Å². The summed E-state index contributed by atoms with van der Waals surface area (Å²) in [5.74, 6) is 0. The third-order valence-corrected chi connectivity index (χ3v) is 5.24. The van der Waals surface area contributed by atoms with Crippen molar-refractivity contribution in [3.63, 3.8) is 0 Å². The molecule has 2 unspecified atom stereocenters. The molecule has 0 bridgehead atoms. The van der Waals surface area contributed by atoms with Crippen LogP contribution in [0.1, 0.15) is 37.7 Å². The van der Waals surface area contributed by atoms with E-state index >= 15 is 0 Å². The predicted octanol–water partition coefficient (Wildman–Crippen LogP) is 1.62. The molecular formula is C17H27FN4O. The molecule has 6 heteroatoms. The number of alkyl halides is 1. The van der Waals surface area contributed by atoms with Crippen LogP contribution in [-0.4, -0.2) is 69.4 Å². The molecule has 2 fully saturated rings. The van der Waals surface area contributed by atoms with Crippen LogP contribution < -0.4 is 0 Å². The lowest BCUT2D eigenvalue weighted by Gasteiger charge is -2.38. The quantitative estimate of drug-likeness (QED) is 0.893. The van der Waals surface area contributed by atoms with Crippen LogP contribution in [0.15, 0.2) is 18.7 Å². The van der Waals surface area contributed by atoms with Gasteiger partial charge in [0.1, 0.15) is 12.5 Å². The van der Waals surface area contributed by atoms with Crippen LogP contribution >= 0.6 is 0 Å². The highest BCUT2D eigenvalue weighted by Gasteiger charge is 2.35. The smallest absolute Gasteiger partial charge is 0.115 e. The second-order valence-electron chi connectivity index (χ2n) is 7.02. The second-order valence-corrected chi connectivity index (χ2v) is 7.02. The molecular weight excluding hydrogens is 295 g/mol. The van der Waals surface area contributed by atoms with Crippen LogP contribution in [0.4, 0.5) is 4.39 Å². The molecule has 2 heterocycles. The van der Waals surface area contributed by atoms with Crippen molar-refractivity contribution in [3.05, 3.63) is 24.3 Å². The molecule has 5 nitrogen and oxygen atoms in total. The van der Waals surface area contributed by atoms with Gasteiger partial charge in [0, 0.05) is 49.7 Å². The van der Waals surface area contributed by atoms with Gasteiger partial charge in [-0.2, -0.15) is 0 Å². The predicted molar refractivity (Wildman–Crippen MR) is 86.6 cm³/mol. The Morgan fingerprint density at radius 1 is 1.30 bits per heavy atom. The fraction of sp³-hybridized carbons (Fsp3) is 0.765. The number of halogens is 1. The van der Waals surface area contributed by atoms with E-state index < -0.39 is 6.17 Å². The van der Waals surface area contributed by atoms with E-state index in [4.69, 9.17) is 0 Å². The molecule has 128 valence electrons. The summed E-state index contributed by atoms with van der Waals surface area (Å²) < 4.78 is 14.0. The Kier molecular flexibility index (Phi) is 5.56. The number of hydrogen-bond donors (Lipinski definition) is 1. The van der Waals surface area contributed by atoms with Gasteiger partial charge in [-0.3, -0.25) is 9.80 Å². The number of rotatable bonds is 5. The summed E-state index contributed by atoms with van der Waals surface area (Å²) >= 11 is 0. The number of aliphatic hydroxyl groups is 1. The summed E-state index contributed by atoms with van der Waals surface area (Å²) in [4.78, 5) is 12.5. The van der Waals surface area contributed by atoms with Crippen molar-refractivity contribution in [1.82, 2.24) is 19.8 Å². The lowest BCUT2D eigenvalue weighted by atomic mass is 9.91. The third-order valence-electron chi connectivity index (χ3n) is 5.24. The summed E-state index contributed by atoms with van der Waals surface area (Å²) in [6.45, 7) is 1.96. The average Bonchev–Trinajstić information content (AvgIpc) is 2.88. The van der Waals surface area contributed by atoms with Crippen molar-refractivity contribution in [3.8, 4) is 0 Å². The molecule has 2 aliphatic rings. The Hall–Kier alpha value is -1.11. The Morgan fingerprint density at radius 3 is 2.78 bits per heavy atom. The zero-order valence-corrected chi connectivity index (χ0v) is 13.8. The first-order valence-electron chi connectivity index (χ1n) is 8.64. The van der Waals surface area contributed by atoms with Gasteiger partial charge >= 0.3 is 0 Å². The van der Waals surface area contributed by atoms with Crippen molar-refractivity contribution in [2.75, 3.05) is 20.1 Å². The van der Waals surface area contributed by atoms with Crippen molar-refractivity contribution in [2.24, 2.45) is 0 Å². The molecule has 0 radical (unpaired) electrons. The second kappa shape index (κ2) is 7.64. The monoisotopic (exact) mass is 322 g/mol. The molecule has 4 atom stereocenters. The first-order chi connectivity index (χ1) is 11.1. The zero-order valence-electron chi connectivity index (χ0n) is 13.8. The molecule has 1 N–H and O–H groups in total. The lowest BCUT2D eigenvalue weighted by molar-refractivity contribution is 0.0217. The molecule has 1 aromatic rings. The summed E-state index contributed by atoms with van der Waals surface area (Å²) in [5.41, 5.74) is 1.02. The molecule has 0 spiro atoms. The highest BCUT2D eigenvalue weighted by atomic mass is 19.1. The Balaban J connectivity index is 1.60. The zero-order chi connectivity index (χ0) is 16.2. The van der Waals surface area contributed by atoms with E-state index in [0.717, 1.165) is 31.4 Å². The molecule has 1 aromatic heterocycles. The Bertz CT molecular complexity index is 489. The van der Waals surface area contributed by atoms with E-state index in [0.29, 0.717) is 19.5 Å². The first kappa shape index (κ1) is 16.7. The average molecular weight is 322 g/mol. The largest absolute Gasteiger partial charge is 0.391 e. The van der Waals surface area contributed by atoms with Gasteiger partial charge in [0.25, 0.3) is 0 Å². The minimum atomic E-state index is -0.769. The standard InChI is InChI=1S/C17H27FN4O/c1-21(16-4-2-3-5-17(16)23)11-15-6-14(18)10-22(15)9-13-7-19-12-20-8-13/h7-8,12,14-17,23H,2-6,9-11H2,1H3/t14-,15-,16?,17?/m0/s1. The maximum absolute atomic E-state index is 14.0. The molecule has 1 aliphatic heterocycles. The highest BCUT2D eigenvalue weighted by Crippen LogP contribution is 2.27. The number of hydrogen-bond acceptors (Lipinski definition) is 5. The van der Waals surface area contributed by atoms with Gasteiger partial charge in [0.15, 0.2) is 0 Å². The van der Waals surface area contributed by atoms with Gasteiger partial charge in [0.2, 0.25) is 0 Å². The van der Waals surface area contributed by atoms with Gasteiger partial charge in [-0.15, -0.1) is 0 Å². The van der Waals surface area contributed by atoms with Gasteiger partial charge in [0.05, 0.1) is 6.10 Å². The molecule has 1 aliphatic carbocycles. The Labute approximate surface area is 137 Å². The van der Waals surface area contributed by atoms with E-state index in [9.17, 15) is 9.50 Å². The Morgan fingerprint density at radius 2 is 2.04 bits per heavy atom. The van der Waals surface area contributed by atoms with E-state index in [2.05, 4.69) is 26.8 Å². The van der Waals surface area contributed by atoms with Crippen LogP contribution in [0.25, 0.3) is 0 Å². The van der Waals surface area contributed by atoms with Crippen LogP contribution in [0.5, 0.6) is 0 Å². The maximum Gasteiger partial charge on any atom is 0.115 e. The summed E-state index contributed by atoms with van der Waals surface area (Å²) in [6, 6.07) is 0.397.